The maximum atomic E-state index is 11.5. The van der Waals surface area contributed by atoms with Crippen molar-refractivity contribution in [1.82, 2.24) is 19.7 Å². The van der Waals surface area contributed by atoms with Crippen molar-refractivity contribution in [3.8, 4) is 5.82 Å². The Balaban J connectivity index is 2.17. The Morgan fingerprint density at radius 2 is 2.32 bits per heavy atom. The highest BCUT2D eigenvalue weighted by Crippen LogP contribution is 2.24. The molecule has 0 saturated heterocycles. The summed E-state index contributed by atoms with van der Waals surface area (Å²) in [6.45, 7) is 0. The molecule has 0 atom stereocenters. The fourth-order valence-electron chi connectivity index (χ4n) is 1.69. The number of carbonyl (C=O) groups is 1. The zero-order valence-corrected chi connectivity index (χ0v) is 10.7. The Hall–Kier alpha value is -2.48. The van der Waals surface area contributed by atoms with Crippen molar-refractivity contribution in [3.05, 3.63) is 29.7 Å². The molecule has 0 spiro atoms. The molecule has 0 aliphatic heterocycles. The minimum absolute atomic E-state index is 0.0748. The van der Waals surface area contributed by atoms with E-state index < -0.39 is 5.97 Å². The number of carbonyl (C=O) groups excluding carboxylic acids is 1. The van der Waals surface area contributed by atoms with E-state index in [1.165, 1.54) is 35.7 Å². The molecule has 3 aromatic heterocycles. The van der Waals surface area contributed by atoms with Gasteiger partial charge < -0.3 is 10.5 Å². The second kappa shape index (κ2) is 4.32. The summed E-state index contributed by atoms with van der Waals surface area (Å²) in [5.74, 6) is 0.00887. The van der Waals surface area contributed by atoms with E-state index >= 15 is 0 Å². The van der Waals surface area contributed by atoms with E-state index in [1.807, 2.05) is 11.4 Å². The van der Waals surface area contributed by atoms with Crippen molar-refractivity contribution in [1.29, 1.82) is 0 Å². The number of thiophene rings is 1. The first-order chi connectivity index (χ1) is 9.20. The summed E-state index contributed by atoms with van der Waals surface area (Å²) in [6.07, 6.45) is 2.98. The van der Waals surface area contributed by atoms with Crippen LogP contribution in [0.4, 0.5) is 5.69 Å². The molecule has 0 bridgehead atoms. The molecule has 0 saturated carbocycles. The standard InChI is InChI=1S/C11H9N5O2S/c1-18-11(17)8-6(12)4-16(15-8)10-9-7(2-3-19-9)13-5-14-10/h2-5H,12H2,1H3. The Bertz CT molecular complexity index is 763. The maximum Gasteiger partial charge on any atom is 0.360 e. The Morgan fingerprint density at radius 3 is 3.11 bits per heavy atom. The summed E-state index contributed by atoms with van der Waals surface area (Å²) in [5.41, 5.74) is 6.89. The molecule has 0 unspecified atom stereocenters. The van der Waals surface area contributed by atoms with Crippen molar-refractivity contribution in [3.63, 3.8) is 0 Å². The van der Waals surface area contributed by atoms with E-state index in [4.69, 9.17) is 5.73 Å². The number of rotatable bonds is 2. The quantitative estimate of drug-likeness (QED) is 0.707. The van der Waals surface area contributed by atoms with E-state index in [2.05, 4.69) is 19.8 Å². The number of fused-ring (bicyclic) bond motifs is 1. The molecule has 0 amide bonds. The van der Waals surface area contributed by atoms with Crippen LogP contribution in [0.5, 0.6) is 0 Å². The van der Waals surface area contributed by atoms with E-state index in [0.717, 1.165) is 10.2 Å². The van der Waals surface area contributed by atoms with Crippen LogP contribution in [0.25, 0.3) is 16.0 Å². The van der Waals surface area contributed by atoms with Gasteiger partial charge in [-0.2, -0.15) is 5.10 Å². The summed E-state index contributed by atoms with van der Waals surface area (Å²) in [7, 11) is 1.28. The number of aromatic nitrogens is 4. The molecule has 8 heteroatoms. The molecule has 0 fully saturated rings. The highest BCUT2D eigenvalue weighted by atomic mass is 32.1. The highest BCUT2D eigenvalue weighted by molar-refractivity contribution is 7.17. The van der Waals surface area contributed by atoms with Crippen molar-refractivity contribution in [2.45, 2.75) is 0 Å². The monoisotopic (exact) mass is 275 g/mol. The van der Waals surface area contributed by atoms with Gasteiger partial charge in [0.25, 0.3) is 0 Å². The number of nitrogens with two attached hydrogens (primary N) is 1. The van der Waals surface area contributed by atoms with Gasteiger partial charge in [-0.15, -0.1) is 11.3 Å². The lowest BCUT2D eigenvalue weighted by atomic mass is 10.4. The van der Waals surface area contributed by atoms with Crippen molar-refractivity contribution >= 4 is 33.2 Å². The summed E-state index contributed by atoms with van der Waals surface area (Å²) in [4.78, 5) is 19.8. The van der Waals surface area contributed by atoms with Gasteiger partial charge in [0.2, 0.25) is 0 Å². The fraction of sp³-hybridized carbons (Fsp3) is 0.0909. The number of esters is 1. The lowest BCUT2D eigenvalue weighted by Gasteiger charge is -2.00. The molecule has 3 rings (SSSR count). The molecule has 0 aliphatic rings. The largest absolute Gasteiger partial charge is 0.464 e. The van der Waals surface area contributed by atoms with Gasteiger partial charge in [-0.25, -0.2) is 19.4 Å². The summed E-state index contributed by atoms with van der Waals surface area (Å²) >= 11 is 1.50. The second-order valence-electron chi connectivity index (χ2n) is 3.70. The number of methoxy groups -OCH3 is 1. The molecule has 7 nitrogen and oxygen atoms in total. The summed E-state index contributed by atoms with van der Waals surface area (Å²) in [6, 6.07) is 1.89. The van der Waals surface area contributed by atoms with Crippen molar-refractivity contribution < 1.29 is 9.53 Å². The summed E-state index contributed by atoms with van der Waals surface area (Å²) < 4.78 is 6.95. The number of anilines is 1. The molecule has 96 valence electrons. The van der Waals surface area contributed by atoms with Crippen molar-refractivity contribution in [2.75, 3.05) is 12.8 Å². The minimum Gasteiger partial charge on any atom is -0.464 e. The Kier molecular flexibility index (Phi) is 2.64. The average molecular weight is 275 g/mol. The predicted molar refractivity (Wildman–Crippen MR) is 70.3 cm³/mol. The van der Waals surface area contributed by atoms with Gasteiger partial charge in [-0.3, -0.25) is 0 Å². The molecule has 0 aliphatic carbocycles. The number of hydrogen-bond acceptors (Lipinski definition) is 7. The molecule has 0 radical (unpaired) electrons. The third-order valence-corrected chi connectivity index (χ3v) is 3.46. The fourth-order valence-corrected chi connectivity index (χ4v) is 2.52. The molecule has 3 heterocycles. The normalized spacial score (nSPS) is 10.8. The molecular weight excluding hydrogens is 266 g/mol. The van der Waals surface area contributed by atoms with Crippen LogP contribution < -0.4 is 5.73 Å². The van der Waals surface area contributed by atoms with Gasteiger partial charge in [0, 0.05) is 0 Å². The molecule has 0 aromatic carbocycles. The minimum atomic E-state index is -0.576. The smallest absolute Gasteiger partial charge is 0.360 e. The van der Waals surface area contributed by atoms with E-state index in [9.17, 15) is 4.79 Å². The lowest BCUT2D eigenvalue weighted by Crippen LogP contribution is -2.06. The van der Waals surface area contributed by atoms with E-state index in [0.29, 0.717) is 5.82 Å². The van der Waals surface area contributed by atoms with Gasteiger partial charge in [-0.1, -0.05) is 0 Å². The van der Waals surface area contributed by atoms with E-state index in [1.54, 1.807) is 0 Å². The van der Waals surface area contributed by atoms with Gasteiger partial charge in [-0.05, 0) is 11.4 Å². The zero-order valence-electron chi connectivity index (χ0n) is 9.90. The first-order valence-electron chi connectivity index (χ1n) is 5.32. The number of ether oxygens (including phenoxy) is 1. The number of nitrogen functional groups attached to an aromatic ring is 1. The zero-order chi connectivity index (χ0) is 13.4. The van der Waals surface area contributed by atoms with Crippen molar-refractivity contribution in [2.24, 2.45) is 0 Å². The van der Waals surface area contributed by atoms with Crippen LogP contribution >= 0.6 is 11.3 Å². The van der Waals surface area contributed by atoms with Crippen LogP contribution in [0.1, 0.15) is 10.5 Å². The molecule has 3 aromatic rings. The second-order valence-corrected chi connectivity index (χ2v) is 4.62. The average Bonchev–Trinajstić information content (AvgIpc) is 3.03. The Morgan fingerprint density at radius 1 is 1.47 bits per heavy atom. The number of nitrogens with zero attached hydrogens (tertiary/aromatic N) is 4. The Labute approximate surface area is 111 Å². The van der Waals surface area contributed by atoms with Crippen LogP contribution in [-0.2, 0) is 4.74 Å². The number of hydrogen-bond donors (Lipinski definition) is 1. The first-order valence-corrected chi connectivity index (χ1v) is 6.20. The lowest BCUT2D eigenvalue weighted by molar-refractivity contribution is 0.0594. The third-order valence-electron chi connectivity index (χ3n) is 2.56. The molecule has 2 N–H and O–H groups in total. The van der Waals surface area contributed by atoms with Crippen LogP contribution in [0.15, 0.2) is 24.0 Å². The van der Waals surface area contributed by atoms with Crippen LogP contribution in [-0.4, -0.2) is 32.8 Å². The van der Waals surface area contributed by atoms with Gasteiger partial charge in [0.15, 0.2) is 11.5 Å². The van der Waals surface area contributed by atoms with Crippen LogP contribution in [0.3, 0.4) is 0 Å². The topological polar surface area (TPSA) is 95.9 Å². The van der Waals surface area contributed by atoms with Crippen LogP contribution in [0.2, 0.25) is 0 Å². The SMILES string of the molecule is COC(=O)c1nn(-c2ncnc3ccsc23)cc1N. The van der Waals surface area contributed by atoms with Crippen LogP contribution in [0, 0.1) is 0 Å². The predicted octanol–water partition coefficient (Wildman–Crippen LogP) is 1.25. The molecule has 19 heavy (non-hydrogen) atoms. The maximum absolute atomic E-state index is 11.5. The first kappa shape index (κ1) is 11.6. The van der Waals surface area contributed by atoms with Gasteiger partial charge >= 0.3 is 5.97 Å². The summed E-state index contributed by atoms with van der Waals surface area (Å²) in [5, 5.41) is 6.03. The van der Waals surface area contributed by atoms with E-state index in [-0.39, 0.29) is 11.4 Å². The third kappa shape index (κ3) is 1.82. The molecular formula is C11H9N5O2S. The van der Waals surface area contributed by atoms with Gasteiger partial charge in [0.1, 0.15) is 6.33 Å². The van der Waals surface area contributed by atoms with Gasteiger partial charge in [0.05, 0.1) is 29.2 Å². The highest BCUT2D eigenvalue weighted by Gasteiger charge is 2.17.